The first-order valence-corrected chi connectivity index (χ1v) is 14.0. The van der Waals surface area contributed by atoms with E-state index >= 15 is 0 Å². The molecule has 2 saturated heterocycles. The van der Waals surface area contributed by atoms with Crippen LogP contribution >= 0.6 is 11.6 Å². The second kappa shape index (κ2) is 11.8. The molecule has 1 atom stereocenters. The van der Waals surface area contributed by atoms with Gasteiger partial charge in [-0.3, -0.25) is 4.90 Å². The Kier molecular flexibility index (Phi) is 7.98. The number of carboxylic acid groups (broad SMARTS) is 1. The van der Waals surface area contributed by atoms with Crippen molar-refractivity contribution in [2.75, 3.05) is 37.7 Å². The molecule has 0 radical (unpaired) electrons. The highest BCUT2D eigenvalue weighted by atomic mass is 35.5. The van der Waals surface area contributed by atoms with E-state index in [-0.39, 0.29) is 34.6 Å². The molecule has 0 bridgehead atoms. The number of halogens is 4. The highest BCUT2D eigenvalue weighted by molar-refractivity contribution is 6.30. The number of anilines is 1. The van der Waals surface area contributed by atoms with Gasteiger partial charge >= 0.3 is 5.97 Å². The Labute approximate surface area is 244 Å². The van der Waals surface area contributed by atoms with Gasteiger partial charge in [0, 0.05) is 61.2 Å². The van der Waals surface area contributed by atoms with E-state index in [9.17, 15) is 23.1 Å². The molecule has 4 aromatic rings. The lowest BCUT2D eigenvalue weighted by molar-refractivity contribution is -0.0592. The molecule has 0 amide bonds. The van der Waals surface area contributed by atoms with E-state index in [2.05, 4.69) is 4.90 Å². The second-order valence-electron chi connectivity index (χ2n) is 10.5. The van der Waals surface area contributed by atoms with Crippen LogP contribution in [0.4, 0.5) is 18.9 Å². The Balaban J connectivity index is 1.15. The normalized spacial score (nSPS) is 17.4. The molecular weight excluding hydrogens is 573 g/mol. The Morgan fingerprint density at radius 1 is 1.05 bits per heavy atom. The molecule has 3 aromatic carbocycles. The summed E-state index contributed by atoms with van der Waals surface area (Å²) in [7, 11) is 0. The number of aromatic carboxylic acids is 1. The number of carboxylic acids is 1. The van der Waals surface area contributed by atoms with E-state index in [0.717, 1.165) is 35.4 Å². The molecule has 8 nitrogen and oxygen atoms in total. The Morgan fingerprint density at radius 3 is 2.52 bits per heavy atom. The maximum atomic E-state index is 14.5. The minimum absolute atomic E-state index is 0.0625. The largest absolute Gasteiger partial charge is 0.486 e. The zero-order valence-electron chi connectivity index (χ0n) is 22.5. The minimum Gasteiger partial charge on any atom is -0.486 e. The van der Waals surface area contributed by atoms with Crippen molar-refractivity contribution in [1.82, 2.24) is 14.5 Å². The summed E-state index contributed by atoms with van der Waals surface area (Å²) in [6.07, 6.45) is 0.998. The van der Waals surface area contributed by atoms with Crippen molar-refractivity contribution < 1.29 is 32.5 Å². The molecular formula is C30H28ClF3N4O4. The van der Waals surface area contributed by atoms with Crippen LogP contribution in [-0.4, -0.2) is 64.4 Å². The van der Waals surface area contributed by atoms with Crippen molar-refractivity contribution in [3.63, 3.8) is 0 Å². The number of hydrogen-bond donors (Lipinski definition) is 1. The Hall–Kier alpha value is -3.80. The molecule has 12 heteroatoms. The Morgan fingerprint density at radius 2 is 1.83 bits per heavy atom. The molecule has 0 saturated carbocycles. The minimum atomic E-state index is -1.13. The standard InChI is InChI=1S/C30H28ClF3N4O4/c31-20-3-1-19(23(32)12-20)17-42-27-14-21(13-24(33)29(27)34)37-8-6-36(7-9-37)16-28-35-25-4-2-18(30(39)40)11-26(25)38(28)15-22-5-10-41-22/h1-4,11-14,22H,5-10,15-17H2,(H,39,40). The molecule has 220 valence electrons. The van der Waals surface area contributed by atoms with E-state index in [1.165, 1.54) is 18.2 Å². The van der Waals surface area contributed by atoms with Gasteiger partial charge in [0.2, 0.25) is 5.82 Å². The van der Waals surface area contributed by atoms with Gasteiger partial charge in [-0.05, 0) is 36.8 Å². The van der Waals surface area contributed by atoms with Crippen molar-refractivity contribution >= 4 is 34.3 Å². The molecule has 1 unspecified atom stereocenters. The third kappa shape index (κ3) is 5.90. The molecule has 6 rings (SSSR count). The molecule has 42 heavy (non-hydrogen) atoms. The molecule has 2 aliphatic rings. The van der Waals surface area contributed by atoms with E-state index in [0.29, 0.717) is 51.6 Å². The van der Waals surface area contributed by atoms with Gasteiger partial charge in [0.15, 0.2) is 11.6 Å². The first kappa shape index (κ1) is 28.3. The van der Waals surface area contributed by atoms with Crippen molar-refractivity contribution in [1.29, 1.82) is 0 Å². The van der Waals surface area contributed by atoms with Crippen LogP contribution in [0.3, 0.4) is 0 Å². The molecule has 1 N–H and O–H groups in total. The smallest absolute Gasteiger partial charge is 0.335 e. The fraction of sp³-hybridized carbons (Fsp3) is 0.333. The number of benzene rings is 3. The lowest BCUT2D eigenvalue weighted by atomic mass is 10.1. The molecule has 3 heterocycles. The number of aromatic nitrogens is 2. The van der Waals surface area contributed by atoms with Gasteiger partial charge in [0.1, 0.15) is 18.2 Å². The van der Waals surface area contributed by atoms with Crippen LogP contribution in [0.25, 0.3) is 11.0 Å². The van der Waals surface area contributed by atoms with Crippen molar-refractivity contribution in [2.45, 2.75) is 32.2 Å². The second-order valence-corrected chi connectivity index (χ2v) is 10.9. The summed E-state index contributed by atoms with van der Waals surface area (Å²) in [5, 5.41) is 9.70. The van der Waals surface area contributed by atoms with Gasteiger partial charge in [-0.25, -0.2) is 18.6 Å². The third-order valence-electron chi connectivity index (χ3n) is 7.73. The first-order valence-electron chi connectivity index (χ1n) is 13.6. The fourth-order valence-corrected chi connectivity index (χ4v) is 5.42. The average Bonchev–Trinajstić information content (AvgIpc) is 3.28. The van der Waals surface area contributed by atoms with Gasteiger partial charge in [0.25, 0.3) is 0 Å². The molecule has 2 fully saturated rings. The van der Waals surface area contributed by atoms with Crippen LogP contribution in [0.5, 0.6) is 5.75 Å². The molecule has 2 aliphatic heterocycles. The number of ether oxygens (including phenoxy) is 2. The highest BCUT2D eigenvalue weighted by Crippen LogP contribution is 2.30. The summed E-state index contributed by atoms with van der Waals surface area (Å²) in [6, 6.07) is 11.6. The van der Waals surface area contributed by atoms with Crippen molar-refractivity contribution in [3.05, 3.63) is 88.0 Å². The van der Waals surface area contributed by atoms with Gasteiger partial charge in [-0.15, -0.1) is 0 Å². The van der Waals surface area contributed by atoms with Gasteiger partial charge < -0.3 is 24.0 Å². The molecule has 1 aromatic heterocycles. The quantitative estimate of drug-likeness (QED) is 0.272. The van der Waals surface area contributed by atoms with Gasteiger partial charge in [0.05, 0.1) is 35.8 Å². The SMILES string of the molecule is O=C(O)c1ccc2nc(CN3CCN(c4cc(F)c(F)c(OCc5ccc(Cl)cc5F)c4)CC3)n(CC3CCO3)c2c1. The number of nitrogens with zero attached hydrogens (tertiary/aromatic N) is 4. The zero-order valence-corrected chi connectivity index (χ0v) is 23.3. The fourth-order valence-electron chi connectivity index (χ4n) is 5.26. The summed E-state index contributed by atoms with van der Waals surface area (Å²) in [4.78, 5) is 20.5. The van der Waals surface area contributed by atoms with E-state index in [1.807, 2.05) is 9.47 Å². The zero-order chi connectivity index (χ0) is 29.4. The number of imidazole rings is 1. The maximum absolute atomic E-state index is 14.5. The Bertz CT molecular complexity index is 1640. The van der Waals surface area contributed by atoms with Crippen molar-refractivity contribution in [3.8, 4) is 5.75 Å². The number of rotatable bonds is 9. The van der Waals surface area contributed by atoms with Crippen LogP contribution < -0.4 is 9.64 Å². The summed E-state index contributed by atoms with van der Waals surface area (Å²) in [6.45, 7) is 3.92. The topological polar surface area (TPSA) is 80.1 Å². The third-order valence-corrected chi connectivity index (χ3v) is 7.97. The number of fused-ring (bicyclic) bond motifs is 1. The van der Waals surface area contributed by atoms with Crippen LogP contribution in [0, 0.1) is 17.5 Å². The first-order chi connectivity index (χ1) is 20.2. The highest BCUT2D eigenvalue weighted by Gasteiger charge is 2.25. The van der Waals surface area contributed by atoms with Crippen LogP contribution in [0.2, 0.25) is 5.02 Å². The predicted octanol–water partition coefficient (Wildman–Crippen LogP) is 5.50. The van der Waals surface area contributed by atoms with Gasteiger partial charge in [-0.1, -0.05) is 17.7 Å². The summed E-state index contributed by atoms with van der Waals surface area (Å²) in [5.41, 5.74) is 2.32. The lowest BCUT2D eigenvalue weighted by Crippen LogP contribution is -2.46. The number of carbonyl (C=O) groups is 1. The van der Waals surface area contributed by atoms with E-state index < -0.39 is 23.4 Å². The monoisotopic (exact) mass is 600 g/mol. The van der Waals surface area contributed by atoms with Crippen LogP contribution in [-0.2, 0) is 24.4 Å². The molecule has 0 aliphatic carbocycles. The van der Waals surface area contributed by atoms with E-state index in [1.54, 1.807) is 18.2 Å². The van der Waals surface area contributed by atoms with Crippen LogP contribution in [0.15, 0.2) is 48.5 Å². The number of piperazine rings is 1. The predicted molar refractivity (Wildman–Crippen MR) is 151 cm³/mol. The number of hydrogen-bond acceptors (Lipinski definition) is 6. The molecule has 0 spiro atoms. The maximum Gasteiger partial charge on any atom is 0.335 e. The van der Waals surface area contributed by atoms with E-state index in [4.69, 9.17) is 26.1 Å². The van der Waals surface area contributed by atoms with Crippen molar-refractivity contribution in [2.24, 2.45) is 0 Å². The average molecular weight is 601 g/mol. The lowest BCUT2D eigenvalue weighted by Gasteiger charge is -2.36. The van der Waals surface area contributed by atoms with Gasteiger partial charge in [-0.2, -0.15) is 4.39 Å². The summed E-state index contributed by atoms with van der Waals surface area (Å²) in [5.74, 6) is -3.25. The summed E-state index contributed by atoms with van der Waals surface area (Å²) < 4.78 is 56.4. The summed E-state index contributed by atoms with van der Waals surface area (Å²) >= 11 is 5.78. The van der Waals surface area contributed by atoms with Crippen LogP contribution in [0.1, 0.15) is 28.2 Å².